The van der Waals surface area contributed by atoms with Crippen LogP contribution in [-0.4, -0.2) is 44.8 Å². The number of nitrogens with one attached hydrogen (secondary N) is 1. The van der Waals surface area contributed by atoms with Crippen molar-refractivity contribution in [3.63, 3.8) is 0 Å². The lowest BCUT2D eigenvalue weighted by atomic mass is 9.79. The first-order valence-electron chi connectivity index (χ1n) is 11.3. The molecule has 2 aromatic carbocycles. The van der Waals surface area contributed by atoms with Crippen molar-refractivity contribution in [2.75, 3.05) is 33.9 Å². The number of halogens is 3. The molecule has 36 heavy (non-hydrogen) atoms. The highest BCUT2D eigenvalue weighted by Gasteiger charge is 2.50. The Morgan fingerprint density at radius 2 is 2.03 bits per heavy atom. The van der Waals surface area contributed by atoms with Crippen LogP contribution in [-0.2, 0) is 10.3 Å². The van der Waals surface area contributed by atoms with Crippen molar-refractivity contribution in [1.82, 2.24) is 10.3 Å². The Bertz CT molecular complexity index is 1290. The molecule has 2 atom stereocenters. The second kappa shape index (κ2) is 10.4. The van der Waals surface area contributed by atoms with Crippen molar-refractivity contribution in [3.8, 4) is 22.6 Å². The summed E-state index contributed by atoms with van der Waals surface area (Å²) in [6.07, 6.45) is 1.63. The van der Waals surface area contributed by atoms with E-state index in [1.807, 2.05) is 13.0 Å². The number of methoxy groups -OCH3 is 1. The normalized spacial score (nSPS) is 18.6. The Morgan fingerprint density at radius 3 is 2.67 bits per heavy atom. The van der Waals surface area contributed by atoms with E-state index in [2.05, 4.69) is 10.3 Å². The summed E-state index contributed by atoms with van der Waals surface area (Å²) < 4.78 is 48.0. The highest BCUT2D eigenvalue weighted by Crippen LogP contribution is 2.56. The number of carbonyl (C=O) groups is 1. The van der Waals surface area contributed by atoms with Crippen LogP contribution in [0.15, 0.2) is 42.6 Å². The number of amides is 1. The van der Waals surface area contributed by atoms with Gasteiger partial charge in [0.15, 0.2) is 17.2 Å². The van der Waals surface area contributed by atoms with Crippen molar-refractivity contribution in [1.29, 1.82) is 0 Å². The van der Waals surface area contributed by atoms with E-state index in [4.69, 9.17) is 31.5 Å². The van der Waals surface area contributed by atoms with Crippen LogP contribution in [0.25, 0.3) is 11.1 Å². The zero-order valence-electron chi connectivity index (χ0n) is 20.0. The van der Waals surface area contributed by atoms with E-state index in [0.29, 0.717) is 17.8 Å². The van der Waals surface area contributed by atoms with Crippen LogP contribution in [0.4, 0.5) is 8.78 Å². The molecule has 0 bridgehead atoms. The molecule has 190 valence electrons. The molecule has 1 aromatic heterocycles. The minimum atomic E-state index is -1.06. The predicted molar refractivity (Wildman–Crippen MR) is 132 cm³/mol. The van der Waals surface area contributed by atoms with Crippen LogP contribution < -0.4 is 20.5 Å². The zero-order chi connectivity index (χ0) is 26.0. The minimum Gasteiger partial charge on any atom is -0.488 e. The Kier molecular flexibility index (Phi) is 7.44. The molecular formula is C26H26ClF2N3O4. The van der Waals surface area contributed by atoms with Crippen LogP contribution >= 0.6 is 11.6 Å². The molecule has 3 aromatic rings. The molecule has 0 spiro atoms. The van der Waals surface area contributed by atoms with Crippen molar-refractivity contribution in [3.05, 3.63) is 76.1 Å². The molecule has 7 nitrogen and oxygen atoms in total. The summed E-state index contributed by atoms with van der Waals surface area (Å²) in [5.74, 6) is -3.10. The van der Waals surface area contributed by atoms with Crippen molar-refractivity contribution in [2.24, 2.45) is 5.73 Å². The SMILES string of the molecule is CNCC1(c2ccccn2)Oc2cc(F)c(Cl)c(-c3c(C(N)=O)ccc(OCCOC)c3F)c2C1C. The summed E-state index contributed by atoms with van der Waals surface area (Å²) in [5, 5.41) is 2.75. The summed E-state index contributed by atoms with van der Waals surface area (Å²) in [7, 11) is 3.24. The fraction of sp³-hybridized carbons (Fsp3) is 0.308. The van der Waals surface area contributed by atoms with Gasteiger partial charge in [-0.1, -0.05) is 24.6 Å². The average Bonchev–Trinajstić information content (AvgIpc) is 3.13. The molecule has 0 saturated heterocycles. The molecule has 1 amide bonds. The maximum absolute atomic E-state index is 16.0. The summed E-state index contributed by atoms with van der Waals surface area (Å²) >= 11 is 6.48. The van der Waals surface area contributed by atoms with Gasteiger partial charge in [0.05, 0.1) is 22.9 Å². The van der Waals surface area contributed by atoms with E-state index in [1.165, 1.54) is 25.3 Å². The number of aromatic nitrogens is 1. The molecule has 2 unspecified atom stereocenters. The molecule has 4 rings (SSSR count). The van der Waals surface area contributed by atoms with E-state index in [1.54, 1.807) is 25.4 Å². The summed E-state index contributed by atoms with van der Waals surface area (Å²) in [4.78, 5) is 16.8. The topological polar surface area (TPSA) is 95.7 Å². The van der Waals surface area contributed by atoms with Crippen molar-refractivity contribution in [2.45, 2.75) is 18.4 Å². The van der Waals surface area contributed by atoms with Crippen LogP contribution in [0.5, 0.6) is 11.5 Å². The number of pyridine rings is 1. The number of benzene rings is 2. The Morgan fingerprint density at radius 1 is 1.25 bits per heavy atom. The van der Waals surface area contributed by atoms with Crippen LogP contribution in [0.1, 0.15) is 34.5 Å². The number of fused-ring (bicyclic) bond motifs is 1. The van der Waals surface area contributed by atoms with Crippen molar-refractivity contribution < 1.29 is 27.8 Å². The lowest BCUT2D eigenvalue weighted by molar-refractivity contribution is 0.0673. The van der Waals surface area contributed by atoms with Gasteiger partial charge in [0.25, 0.3) is 0 Å². The standard InChI is InChI=1S/C26H26ClF2N3O4/c1-14-20-18(36-26(14,13-31-2)19-6-4-5-9-32-19)12-16(28)23(27)22(20)21-15(25(30)33)7-8-17(24(21)29)35-11-10-34-3/h4-9,12,14,31H,10-11,13H2,1-3H3,(H2,30,33). The lowest BCUT2D eigenvalue weighted by Crippen LogP contribution is -2.43. The third-order valence-electron chi connectivity index (χ3n) is 6.35. The molecule has 1 aliphatic heterocycles. The fourth-order valence-corrected chi connectivity index (χ4v) is 4.93. The number of primary amides is 1. The number of hydrogen-bond acceptors (Lipinski definition) is 6. The maximum atomic E-state index is 16.0. The van der Waals surface area contributed by atoms with E-state index < -0.39 is 29.1 Å². The van der Waals surface area contributed by atoms with Gasteiger partial charge in [-0.15, -0.1) is 0 Å². The van der Waals surface area contributed by atoms with Gasteiger partial charge in [0.2, 0.25) is 5.91 Å². The van der Waals surface area contributed by atoms with Gasteiger partial charge in [-0.25, -0.2) is 8.78 Å². The number of carbonyl (C=O) groups excluding carboxylic acids is 1. The van der Waals surface area contributed by atoms with E-state index in [-0.39, 0.29) is 46.4 Å². The highest BCUT2D eigenvalue weighted by atomic mass is 35.5. The minimum absolute atomic E-state index is 0.0171. The molecular weight excluding hydrogens is 492 g/mol. The second-order valence-corrected chi connectivity index (χ2v) is 8.80. The van der Waals surface area contributed by atoms with Gasteiger partial charge in [-0.2, -0.15) is 0 Å². The summed E-state index contributed by atoms with van der Waals surface area (Å²) in [6, 6.07) is 9.18. The number of hydrogen-bond donors (Lipinski definition) is 2. The van der Waals surface area contributed by atoms with Crippen LogP contribution in [0.3, 0.4) is 0 Å². The van der Waals surface area contributed by atoms with Gasteiger partial charge < -0.3 is 25.3 Å². The summed E-state index contributed by atoms with van der Waals surface area (Å²) in [6.45, 7) is 2.44. The van der Waals surface area contributed by atoms with Crippen LogP contribution in [0.2, 0.25) is 5.02 Å². The van der Waals surface area contributed by atoms with Gasteiger partial charge in [-0.3, -0.25) is 9.78 Å². The van der Waals surface area contributed by atoms with E-state index in [0.717, 1.165) is 0 Å². The molecule has 0 aliphatic carbocycles. The third kappa shape index (κ3) is 4.27. The predicted octanol–water partition coefficient (Wildman–Crippen LogP) is 4.42. The van der Waals surface area contributed by atoms with Gasteiger partial charge in [-0.05, 0) is 31.3 Å². The Balaban J connectivity index is 1.99. The molecule has 0 radical (unpaired) electrons. The number of nitrogens with two attached hydrogens (primary N) is 1. The van der Waals surface area contributed by atoms with Gasteiger partial charge >= 0.3 is 0 Å². The lowest BCUT2D eigenvalue weighted by Gasteiger charge is -2.32. The monoisotopic (exact) mass is 517 g/mol. The molecule has 0 saturated carbocycles. The molecule has 2 heterocycles. The summed E-state index contributed by atoms with van der Waals surface area (Å²) in [5.41, 5.74) is 5.13. The maximum Gasteiger partial charge on any atom is 0.249 e. The second-order valence-electron chi connectivity index (χ2n) is 8.42. The first-order valence-corrected chi connectivity index (χ1v) is 11.7. The fourth-order valence-electron chi connectivity index (χ4n) is 4.68. The third-order valence-corrected chi connectivity index (χ3v) is 6.72. The molecule has 1 aliphatic rings. The Labute approximate surface area is 212 Å². The molecule has 0 fully saturated rings. The van der Waals surface area contributed by atoms with Gasteiger partial charge in [0, 0.05) is 48.5 Å². The smallest absolute Gasteiger partial charge is 0.249 e. The number of likely N-dealkylation sites (N-methyl/N-ethyl adjacent to an activating group) is 1. The number of rotatable bonds is 9. The largest absolute Gasteiger partial charge is 0.488 e. The van der Waals surface area contributed by atoms with Crippen molar-refractivity contribution >= 4 is 17.5 Å². The van der Waals surface area contributed by atoms with Crippen LogP contribution in [0, 0.1) is 11.6 Å². The van der Waals surface area contributed by atoms with E-state index in [9.17, 15) is 4.79 Å². The van der Waals surface area contributed by atoms with Gasteiger partial charge in [0.1, 0.15) is 18.2 Å². The molecule has 3 N–H and O–H groups in total. The number of nitrogens with zero attached hydrogens (tertiary/aromatic N) is 1. The zero-order valence-corrected chi connectivity index (χ0v) is 20.8. The average molecular weight is 518 g/mol. The van der Waals surface area contributed by atoms with E-state index >= 15 is 8.78 Å². The highest BCUT2D eigenvalue weighted by molar-refractivity contribution is 6.34. The first-order chi connectivity index (χ1) is 17.3. The number of ether oxygens (including phenoxy) is 3. The Hall–Kier alpha value is -3.27. The first kappa shape index (κ1) is 25.8. The quantitative estimate of drug-likeness (QED) is 0.408. The molecule has 10 heteroatoms.